The van der Waals surface area contributed by atoms with Crippen LogP contribution in [0, 0.1) is 0 Å². The van der Waals surface area contributed by atoms with Gasteiger partial charge >= 0.3 is 6.18 Å². The molecule has 0 saturated carbocycles. The zero-order valence-corrected chi connectivity index (χ0v) is 16.0. The van der Waals surface area contributed by atoms with E-state index in [2.05, 4.69) is 15.5 Å². The fourth-order valence-corrected chi connectivity index (χ4v) is 3.17. The van der Waals surface area contributed by atoms with Crippen molar-refractivity contribution in [3.8, 4) is 0 Å². The van der Waals surface area contributed by atoms with Crippen LogP contribution in [-0.2, 0) is 6.18 Å². The number of halogens is 5. The molecule has 12 heteroatoms. The average Bonchev–Trinajstić information content (AvgIpc) is 2.87. The van der Waals surface area contributed by atoms with E-state index in [1.54, 1.807) is 0 Å². The second-order valence-electron chi connectivity index (χ2n) is 7.06. The fourth-order valence-electron chi connectivity index (χ4n) is 3.17. The van der Waals surface area contributed by atoms with Gasteiger partial charge in [-0.3, -0.25) is 9.59 Å². The third-order valence-electron chi connectivity index (χ3n) is 4.74. The standard InChI is InChI=1S/C19H18F5N5O2/c20-18(21)5-2-7-29(8-6-18)13-10-14(19(22,23)24)27-28-15(13)17(31)26-12-4-1-3-11(9-12)16(25)30/h1,3-4,9-10H,2,5-8H2,(H2,25,30)(H,26,31). The first-order valence-corrected chi connectivity index (χ1v) is 9.25. The van der Waals surface area contributed by atoms with Crippen molar-refractivity contribution in [2.75, 3.05) is 23.3 Å². The SMILES string of the molecule is NC(=O)c1cccc(NC(=O)c2nnc(C(F)(F)F)cc2N2CCCC(F)(F)CC2)c1. The summed E-state index contributed by atoms with van der Waals surface area (Å²) in [5, 5.41) is 8.94. The van der Waals surface area contributed by atoms with Gasteiger partial charge in [0.2, 0.25) is 11.8 Å². The van der Waals surface area contributed by atoms with E-state index < -0.39 is 48.1 Å². The van der Waals surface area contributed by atoms with Crippen LogP contribution >= 0.6 is 0 Å². The number of aromatic nitrogens is 2. The molecule has 1 aromatic heterocycles. The lowest BCUT2D eigenvalue weighted by Crippen LogP contribution is -2.30. The molecule has 0 aliphatic carbocycles. The first-order chi connectivity index (χ1) is 14.5. The van der Waals surface area contributed by atoms with Gasteiger partial charge in [-0.15, -0.1) is 10.2 Å². The molecule has 2 aromatic rings. The van der Waals surface area contributed by atoms with E-state index in [9.17, 15) is 31.5 Å². The number of alkyl halides is 5. The van der Waals surface area contributed by atoms with Crippen molar-refractivity contribution in [2.24, 2.45) is 5.73 Å². The maximum atomic E-state index is 13.7. The highest BCUT2D eigenvalue weighted by Crippen LogP contribution is 2.34. The number of hydrogen-bond acceptors (Lipinski definition) is 5. The second-order valence-corrected chi connectivity index (χ2v) is 7.06. The van der Waals surface area contributed by atoms with Gasteiger partial charge in [-0.05, 0) is 30.7 Å². The van der Waals surface area contributed by atoms with Crippen LogP contribution < -0.4 is 16.0 Å². The molecule has 1 saturated heterocycles. The Balaban J connectivity index is 1.96. The molecule has 0 radical (unpaired) electrons. The third kappa shape index (κ3) is 5.44. The normalized spacial score (nSPS) is 16.5. The number of rotatable bonds is 4. The fraction of sp³-hybridized carbons (Fsp3) is 0.368. The number of nitrogens with zero attached hydrogens (tertiary/aromatic N) is 3. The molecule has 7 nitrogen and oxygen atoms in total. The number of amides is 2. The smallest absolute Gasteiger partial charge is 0.369 e. The highest BCUT2D eigenvalue weighted by atomic mass is 19.4. The van der Waals surface area contributed by atoms with Crippen LogP contribution in [0.25, 0.3) is 0 Å². The van der Waals surface area contributed by atoms with Gasteiger partial charge in [0.1, 0.15) is 0 Å². The molecule has 2 amide bonds. The van der Waals surface area contributed by atoms with Gasteiger partial charge in [0.25, 0.3) is 5.91 Å². The summed E-state index contributed by atoms with van der Waals surface area (Å²) < 4.78 is 66.9. The highest BCUT2D eigenvalue weighted by molar-refractivity contribution is 6.07. The molecule has 0 spiro atoms. The summed E-state index contributed by atoms with van der Waals surface area (Å²) in [4.78, 5) is 25.3. The minimum Gasteiger partial charge on any atom is -0.369 e. The van der Waals surface area contributed by atoms with Gasteiger partial charge in [-0.2, -0.15) is 13.2 Å². The van der Waals surface area contributed by atoms with E-state index >= 15 is 0 Å². The van der Waals surface area contributed by atoms with Crippen molar-refractivity contribution in [1.29, 1.82) is 0 Å². The lowest BCUT2D eigenvalue weighted by Gasteiger charge is -2.25. The van der Waals surface area contributed by atoms with E-state index in [-0.39, 0.29) is 36.4 Å². The van der Waals surface area contributed by atoms with Gasteiger partial charge in [-0.1, -0.05) is 6.07 Å². The van der Waals surface area contributed by atoms with E-state index in [0.29, 0.717) is 6.07 Å². The molecule has 166 valence electrons. The highest BCUT2D eigenvalue weighted by Gasteiger charge is 2.37. The van der Waals surface area contributed by atoms with Gasteiger partial charge in [0.15, 0.2) is 11.4 Å². The summed E-state index contributed by atoms with van der Waals surface area (Å²) in [6, 6.07) is 6.22. The Bertz CT molecular complexity index is 996. The van der Waals surface area contributed by atoms with Crippen molar-refractivity contribution < 1.29 is 31.5 Å². The van der Waals surface area contributed by atoms with Crippen LogP contribution in [-0.4, -0.2) is 41.0 Å². The molecule has 1 fully saturated rings. The Morgan fingerprint density at radius 2 is 1.84 bits per heavy atom. The van der Waals surface area contributed by atoms with E-state index in [1.807, 2.05) is 0 Å². The van der Waals surface area contributed by atoms with Crippen LogP contribution in [0.5, 0.6) is 0 Å². The van der Waals surface area contributed by atoms with E-state index in [1.165, 1.54) is 29.2 Å². The van der Waals surface area contributed by atoms with Crippen LogP contribution in [0.3, 0.4) is 0 Å². The number of primary amides is 1. The molecule has 1 aromatic carbocycles. The van der Waals surface area contributed by atoms with Crippen molar-refractivity contribution in [2.45, 2.75) is 31.4 Å². The first-order valence-electron chi connectivity index (χ1n) is 9.25. The van der Waals surface area contributed by atoms with Gasteiger partial charge < -0.3 is 16.0 Å². The average molecular weight is 443 g/mol. The van der Waals surface area contributed by atoms with E-state index in [4.69, 9.17) is 5.73 Å². The van der Waals surface area contributed by atoms with Crippen molar-refractivity contribution in [3.63, 3.8) is 0 Å². The molecule has 2 heterocycles. The first kappa shape index (κ1) is 22.4. The largest absolute Gasteiger partial charge is 0.435 e. The summed E-state index contributed by atoms with van der Waals surface area (Å²) in [5.74, 6) is -4.59. The molecule has 0 atom stereocenters. The summed E-state index contributed by atoms with van der Waals surface area (Å²) in [6.45, 7) is -0.233. The van der Waals surface area contributed by atoms with Gasteiger partial charge in [0.05, 0.1) is 5.69 Å². The Morgan fingerprint density at radius 1 is 1.10 bits per heavy atom. The molecule has 1 aliphatic heterocycles. The summed E-state index contributed by atoms with van der Waals surface area (Å²) in [7, 11) is 0. The molecule has 0 unspecified atom stereocenters. The van der Waals surface area contributed by atoms with Crippen molar-refractivity contribution in [1.82, 2.24) is 10.2 Å². The molecular formula is C19H18F5N5O2. The molecule has 0 bridgehead atoms. The number of nitrogens with one attached hydrogen (secondary N) is 1. The van der Waals surface area contributed by atoms with Crippen LogP contribution in [0.1, 0.15) is 45.8 Å². The number of anilines is 2. The maximum absolute atomic E-state index is 13.7. The quantitative estimate of drug-likeness (QED) is 0.705. The predicted octanol–water partition coefficient (Wildman–Crippen LogP) is 3.47. The number of carbonyl (C=O) groups excluding carboxylic acids is 2. The second kappa shape index (κ2) is 8.44. The van der Waals surface area contributed by atoms with Crippen LogP contribution in [0.4, 0.5) is 33.3 Å². The Morgan fingerprint density at radius 3 is 2.52 bits per heavy atom. The number of carbonyl (C=O) groups is 2. The van der Waals surface area contributed by atoms with Gasteiger partial charge in [0, 0.05) is 37.2 Å². The third-order valence-corrected chi connectivity index (χ3v) is 4.74. The van der Waals surface area contributed by atoms with E-state index in [0.717, 1.165) is 0 Å². The molecular weight excluding hydrogens is 425 g/mol. The molecule has 3 N–H and O–H groups in total. The zero-order valence-electron chi connectivity index (χ0n) is 16.0. The minimum absolute atomic E-state index is 0.0238. The molecule has 31 heavy (non-hydrogen) atoms. The zero-order chi connectivity index (χ0) is 22.8. The summed E-state index contributed by atoms with van der Waals surface area (Å²) in [6.07, 6.45) is -5.78. The Hall–Kier alpha value is -3.31. The number of nitrogens with two attached hydrogens (primary N) is 1. The lowest BCUT2D eigenvalue weighted by atomic mass is 10.1. The predicted molar refractivity (Wildman–Crippen MR) is 101 cm³/mol. The topological polar surface area (TPSA) is 101 Å². The molecule has 1 aliphatic rings. The number of benzene rings is 1. The molecule has 3 rings (SSSR count). The lowest BCUT2D eigenvalue weighted by molar-refractivity contribution is -0.141. The van der Waals surface area contributed by atoms with Crippen LogP contribution in [0.2, 0.25) is 0 Å². The Labute approximate surface area is 173 Å². The Kier molecular flexibility index (Phi) is 6.09. The maximum Gasteiger partial charge on any atom is 0.435 e. The van der Waals surface area contributed by atoms with Crippen molar-refractivity contribution >= 4 is 23.2 Å². The number of hydrogen-bond donors (Lipinski definition) is 2. The summed E-state index contributed by atoms with van der Waals surface area (Å²) in [5.41, 5.74) is 3.40. The van der Waals surface area contributed by atoms with Gasteiger partial charge in [-0.25, -0.2) is 8.78 Å². The van der Waals surface area contributed by atoms with Crippen LogP contribution in [0.15, 0.2) is 30.3 Å². The monoisotopic (exact) mass is 443 g/mol. The van der Waals surface area contributed by atoms with Crippen molar-refractivity contribution in [3.05, 3.63) is 47.3 Å². The summed E-state index contributed by atoms with van der Waals surface area (Å²) >= 11 is 0. The minimum atomic E-state index is -4.83.